The van der Waals surface area contributed by atoms with E-state index in [1.54, 1.807) is 0 Å². The minimum absolute atomic E-state index is 0.142. The molecule has 0 saturated heterocycles. The van der Waals surface area contributed by atoms with Gasteiger partial charge in [0.05, 0.1) is 13.5 Å². The van der Waals surface area contributed by atoms with E-state index in [4.69, 9.17) is 4.74 Å². The third-order valence-corrected chi connectivity index (χ3v) is 6.04. The highest BCUT2D eigenvalue weighted by atomic mass is 16.5. The third kappa shape index (κ3) is 6.39. The Bertz CT molecular complexity index is 1320. The van der Waals surface area contributed by atoms with Crippen molar-refractivity contribution >= 4 is 28.7 Å². The van der Waals surface area contributed by atoms with Crippen LogP contribution in [0, 0.1) is 0 Å². The van der Waals surface area contributed by atoms with Gasteiger partial charge in [-0.25, -0.2) is 4.79 Å². The summed E-state index contributed by atoms with van der Waals surface area (Å²) in [5.74, 6) is -1.28. The molecule has 0 unspecified atom stereocenters. The van der Waals surface area contributed by atoms with Gasteiger partial charge in [-0.1, -0.05) is 78.9 Å². The normalized spacial score (nSPS) is 12.5. The van der Waals surface area contributed by atoms with Gasteiger partial charge in [0.15, 0.2) is 0 Å². The van der Waals surface area contributed by atoms with E-state index in [2.05, 4.69) is 15.6 Å². The number of hydrogen-bond acceptors (Lipinski definition) is 4. The number of methoxy groups -OCH3 is 1. The van der Waals surface area contributed by atoms with Crippen LogP contribution < -0.4 is 10.6 Å². The smallest absolute Gasteiger partial charge is 0.328 e. The number of fused-ring (bicyclic) bond motifs is 1. The zero-order valence-electron chi connectivity index (χ0n) is 20.1. The van der Waals surface area contributed by atoms with Gasteiger partial charge in [-0.2, -0.15) is 0 Å². The van der Waals surface area contributed by atoms with Gasteiger partial charge in [-0.05, 0) is 22.8 Å². The molecule has 1 heterocycles. The molecule has 0 aliphatic carbocycles. The lowest BCUT2D eigenvalue weighted by atomic mass is 10.0. The summed E-state index contributed by atoms with van der Waals surface area (Å²) in [6, 6.07) is 24.7. The van der Waals surface area contributed by atoms with E-state index >= 15 is 0 Å². The van der Waals surface area contributed by atoms with Crippen molar-refractivity contribution in [3.05, 3.63) is 108 Å². The fraction of sp³-hybridized carbons (Fsp3) is 0.207. The molecule has 1 aromatic heterocycles. The van der Waals surface area contributed by atoms with Gasteiger partial charge in [0, 0.05) is 29.9 Å². The zero-order valence-corrected chi connectivity index (χ0v) is 20.1. The number of benzene rings is 3. The van der Waals surface area contributed by atoms with Crippen molar-refractivity contribution in [2.45, 2.75) is 31.3 Å². The number of aromatic amines is 1. The van der Waals surface area contributed by atoms with Crippen LogP contribution in [0.2, 0.25) is 0 Å². The number of rotatable bonds is 10. The van der Waals surface area contributed by atoms with Gasteiger partial charge in [0.2, 0.25) is 11.8 Å². The molecule has 0 aliphatic rings. The average molecular weight is 484 g/mol. The third-order valence-electron chi connectivity index (χ3n) is 6.04. The Kier molecular flexibility index (Phi) is 8.13. The van der Waals surface area contributed by atoms with Crippen LogP contribution in [-0.4, -0.2) is 42.0 Å². The van der Waals surface area contributed by atoms with E-state index in [0.29, 0.717) is 0 Å². The Labute approximate surface area is 209 Å². The molecule has 36 heavy (non-hydrogen) atoms. The predicted octanol–water partition coefficient (Wildman–Crippen LogP) is 3.34. The number of para-hydroxylation sites is 1. The van der Waals surface area contributed by atoms with Gasteiger partial charge in [-0.3, -0.25) is 9.59 Å². The van der Waals surface area contributed by atoms with Crippen molar-refractivity contribution in [3.8, 4) is 0 Å². The van der Waals surface area contributed by atoms with Gasteiger partial charge < -0.3 is 20.4 Å². The van der Waals surface area contributed by atoms with E-state index in [0.717, 1.165) is 27.6 Å². The first-order valence-electron chi connectivity index (χ1n) is 11.8. The number of H-pyrrole nitrogens is 1. The van der Waals surface area contributed by atoms with Gasteiger partial charge in [0.1, 0.15) is 12.1 Å². The first-order valence-corrected chi connectivity index (χ1v) is 11.8. The highest BCUT2D eigenvalue weighted by Gasteiger charge is 2.28. The summed E-state index contributed by atoms with van der Waals surface area (Å²) < 4.78 is 4.94. The van der Waals surface area contributed by atoms with Crippen LogP contribution in [0.15, 0.2) is 91.1 Å². The van der Waals surface area contributed by atoms with Crippen LogP contribution in [0.3, 0.4) is 0 Å². The van der Waals surface area contributed by atoms with E-state index in [-0.39, 0.29) is 25.2 Å². The molecule has 184 valence electrons. The van der Waals surface area contributed by atoms with Crippen molar-refractivity contribution in [2.24, 2.45) is 0 Å². The molecule has 3 aromatic carbocycles. The minimum Gasteiger partial charge on any atom is -0.467 e. The second kappa shape index (κ2) is 11.8. The molecule has 2 atom stereocenters. The molecule has 2 amide bonds. The molecule has 0 radical (unpaired) electrons. The number of carbonyl (C=O) groups excluding carboxylic acids is 3. The number of ether oxygens (including phenoxy) is 1. The Balaban J connectivity index is 1.55. The highest BCUT2D eigenvalue weighted by Crippen LogP contribution is 2.19. The Morgan fingerprint density at radius 3 is 2.11 bits per heavy atom. The maximum absolute atomic E-state index is 13.5. The largest absolute Gasteiger partial charge is 0.467 e. The van der Waals surface area contributed by atoms with E-state index in [9.17, 15) is 14.4 Å². The number of nitrogens with one attached hydrogen (secondary N) is 3. The number of amides is 2. The first kappa shape index (κ1) is 24.7. The Morgan fingerprint density at radius 1 is 0.778 bits per heavy atom. The van der Waals surface area contributed by atoms with Gasteiger partial charge in [0.25, 0.3) is 0 Å². The van der Waals surface area contributed by atoms with Crippen LogP contribution in [0.25, 0.3) is 10.9 Å². The molecule has 7 heteroatoms. The summed E-state index contributed by atoms with van der Waals surface area (Å²) in [7, 11) is 1.29. The Hall–Kier alpha value is -4.39. The van der Waals surface area contributed by atoms with Crippen LogP contribution in [0.5, 0.6) is 0 Å². The van der Waals surface area contributed by atoms with Crippen molar-refractivity contribution in [1.29, 1.82) is 0 Å². The van der Waals surface area contributed by atoms with Crippen LogP contribution in [0.1, 0.15) is 16.7 Å². The molecule has 4 rings (SSSR count). The lowest BCUT2D eigenvalue weighted by Crippen LogP contribution is -2.53. The molecule has 0 fully saturated rings. The second-order valence-electron chi connectivity index (χ2n) is 8.62. The molecule has 0 bridgehead atoms. The summed E-state index contributed by atoms with van der Waals surface area (Å²) in [6.45, 7) is 0. The molecule has 0 spiro atoms. The van der Waals surface area contributed by atoms with E-state index in [1.807, 2.05) is 91.1 Å². The summed E-state index contributed by atoms with van der Waals surface area (Å²) in [5.41, 5.74) is 3.56. The fourth-order valence-electron chi connectivity index (χ4n) is 4.21. The van der Waals surface area contributed by atoms with Gasteiger partial charge >= 0.3 is 5.97 Å². The van der Waals surface area contributed by atoms with Crippen LogP contribution >= 0.6 is 0 Å². The zero-order chi connectivity index (χ0) is 25.3. The first-order chi connectivity index (χ1) is 17.5. The van der Waals surface area contributed by atoms with Crippen LogP contribution in [0.4, 0.5) is 0 Å². The fourth-order valence-corrected chi connectivity index (χ4v) is 4.21. The number of carbonyl (C=O) groups is 3. The molecule has 7 nitrogen and oxygen atoms in total. The lowest BCUT2D eigenvalue weighted by molar-refractivity contribution is -0.145. The molecule has 3 N–H and O–H groups in total. The molecular weight excluding hydrogens is 454 g/mol. The highest BCUT2D eigenvalue weighted by molar-refractivity contribution is 5.92. The SMILES string of the molecule is COC(=O)[C@@H](Cc1ccccc1)NC(=O)[C@@H](Cc1c[nH]c2ccccc12)NC(=O)Cc1ccccc1. The number of esters is 1. The molecule has 0 aliphatic heterocycles. The predicted molar refractivity (Wildman–Crippen MR) is 138 cm³/mol. The monoisotopic (exact) mass is 483 g/mol. The molecule has 4 aromatic rings. The second-order valence-corrected chi connectivity index (χ2v) is 8.62. The standard InChI is InChI=1S/C29H29N3O4/c1-36-29(35)26(16-20-10-4-2-5-11-20)32-28(34)25(31-27(33)17-21-12-6-3-7-13-21)18-22-19-30-24-15-9-8-14-23(22)24/h2-15,19,25-26,30H,16-18H2,1H3,(H,31,33)(H,32,34)/t25-,26-/m1/s1. The lowest BCUT2D eigenvalue weighted by Gasteiger charge is -2.22. The summed E-state index contributed by atoms with van der Waals surface area (Å²) in [5, 5.41) is 6.66. The maximum atomic E-state index is 13.5. The summed E-state index contributed by atoms with van der Waals surface area (Å²) in [6.07, 6.45) is 2.52. The van der Waals surface area contributed by atoms with Crippen molar-refractivity contribution in [3.63, 3.8) is 0 Å². The van der Waals surface area contributed by atoms with Crippen molar-refractivity contribution < 1.29 is 19.1 Å². The van der Waals surface area contributed by atoms with E-state index in [1.165, 1.54) is 7.11 Å². The summed E-state index contributed by atoms with van der Waals surface area (Å²) >= 11 is 0. The van der Waals surface area contributed by atoms with Crippen LogP contribution in [-0.2, 0) is 38.4 Å². The molecular formula is C29H29N3O4. The van der Waals surface area contributed by atoms with E-state index < -0.39 is 24.0 Å². The quantitative estimate of drug-likeness (QED) is 0.301. The van der Waals surface area contributed by atoms with Gasteiger partial charge in [-0.15, -0.1) is 0 Å². The topological polar surface area (TPSA) is 100 Å². The van der Waals surface area contributed by atoms with Crippen molar-refractivity contribution in [2.75, 3.05) is 7.11 Å². The Morgan fingerprint density at radius 2 is 1.42 bits per heavy atom. The van der Waals surface area contributed by atoms with Crippen molar-refractivity contribution in [1.82, 2.24) is 15.6 Å². The minimum atomic E-state index is -0.888. The number of aromatic nitrogens is 1. The average Bonchev–Trinajstić information content (AvgIpc) is 3.31. The molecule has 0 saturated carbocycles. The summed E-state index contributed by atoms with van der Waals surface area (Å²) in [4.78, 5) is 42.1. The number of hydrogen-bond donors (Lipinski definition) is 3. The maximum Gasteiger partial charge on any atom is 0.328 e.